The highest BCUT2D eigenvalue weighted by Crippen LogP contribution is 2.26. The number of aromatic nitrogens is 2. The third-order valence-electron chi connectivity index (χ3n) is 6.86. The van der Waals surface area contributed by atoms with Gasteiger partial charge in [-0.2, -0.15) is 5.10 Å². The molecule has 0 aliphatic rings. The molecule has 1 N–H and O–H groups in total. The SMILES string of the molecule is CCCC(CCCC(=O)c1ccc(Oc2ccc(F)cc2F)cc1)Cn1cc2cc(C(=O)NCCOC)ccc2n1. The zero-order chi connectivity index (χ0) is 29.2. The van der Waals surface area contributed by atoms with Gasteiger partial charge in [-0.25, -0.2) is 8.78 Å². The standard InChI is InChI=1S/C32H35F2N3O4/c1-3-5-22(20-37-21-25-18-24(10-14-29(25)36-37)32(39)35-16-17-40-2)6-4-7-30(38)23-8-12-27(13-9-23)41-31-15-11-26(33)19-28(31)34/h8-15,18-19,21-22H,3-7,16-17,20H2,1-2H3,(H,35,39). The second-order valence-electron chi connectivity index (χ2n) is 10.0. The maximum Gasteiger partial charge on any atom is 0.251 e. The molecule has 1 unspecified atom stereocenters. The van der Waals surface area contributed by atoms with Crippen molar-refractivity contribution in [2.45, 2.75) is 45.6 Å². The van der Waals surface area contributed by atoms with Crippen molar-refractivity contribution in [3.8, 4) is 11.5 Å². The number of benzene rings is 3. The molecule has 0 bridgehead atoms. The zero-order valence-corrected chi connectivity index (χ0v) is 23.4. The number of rotatable bonds is 15. The Hall–Kier alpha value is -4.11. The number of carbonyl (C=O) groups excluding carboxylic acids is 2. The molecular weight excluding hydrogens is 528 g/mol. The van der Waals surface area contributed by atoms with Gasteiger partial charge in [-0.1, -0.05) is 13.3 Å². The van der Waals surface area contributed by atoms with E-state index in [1.807, 2.05) is 23.0 Å². The topological polar surface area (TPSA) is 82.5 Å². The Morgan fingerprint density at radius 2 is 1.78 bits per heavy atom. The van der Waals surface area contributed by atoms with Crippen LogP contribution in [-0.2, 0) is 11.3 Å². The minimum absolute atomic E-state index is 0.0286. The highest BCUT2D eigenvalue weighted by molar-refractivity contribution is 5.98. The number of methoxy groups -OCH3 is 1. The van der Waals surface area contributed by atoms with Crippen LogP contribution in [0.1, 0.15) is 59.7 Å². The molecule has 0 saturated heterocycles. The monoisotopic (exact) mass is 563 g/mol. The van der Waals surface area contributed by atoms with Crippen molar-refractivity contribution in [3.63, 3.8) is 0 Å². The van der Waals surface area contributed by atoms with Gasteiger partial charge in [0.05, 0.1) is 12.1 Å². The van der Waals surface area contributed by atoms with Crippen LogP contribution in [0, 0.1) is 17.6 Å². The Bertz CT molecular complexity index is 1470. The number of ether oxygens (including phenoxy) is 2. The predicted molar refractivity (Wildman–Crippen MR) is 153 cm³/mol. The summed E-state index contributed by atoms with van der Waals surface area (Å²) in [6, 6.07) is 15.1. The first-order valence-corrected chi connectivity index (χ1v) is 13.9. The molecule has 3 aromatic carbocycles. The highest BCUT2D eigenvalue weighted by Gasteiger charge is 2.14. The van der Waals surface area contributed by atoms with E-state index in [1.54, 1.807) is 37.4 Å². The highest BCUT2D eigenvalue weighted by atomic mass is 19.1. The fourth-order valence-corrected chi connectivity index (χ4v) is 4.77. The number of amides is 1. The molecule has 9 heteroatoms. The van der Waals surface area contributed by atoms with Gasteiger partial charge in [0.25, 0.3) is 5.91 Å². The zero-order valence-electron chi connectivity index (χ0n) is 23.4. The molecule has 0 spiro atoms. The van der Waals surface area contributed by atoms with Crippen LogP contribution in [0.15, 0.2) is 66.9 Å². The molecule has 41 heavy (non-hydrogen) atoms. The number of ketones is 1. The van der Waals surface area contributed by atoms with Gasteiger partial charge in [0.15, 0.2) is 17.3 Å². The van der Waals surface area contributed by atoms with Gasteiger partial charge in [0.1, 0.15) is 11.6 Å². The fourth-order valence-electron chi connectivity index (χ4n) is 4.77. The Morgan fingerprint density at radius 1 is 1.00 bits per heavy atom. The van der Waals surface area contributed by atoms with Crippen LogP contribution in [0.5, 0.6) is 11.5 Å². The summed E-state index contributed by atoms with van der Waals surface area (Å²) in [6.07, 6.45) is 6.06. The first-order chi connectivity index (χ1) is 19.9. The van der Waals surface area contributed by atoms with Gasteiger partial charge in [0.2, 0.25) is 0 Å². The Balaban J connectivity index is 1.29. The van der Waals surface area contributed by atoms with E-state index >= 15 is 0 Å². The van der Waals surface area contributed by atoms with E-state index in [9.17, 15) is 18.4 Å². The van der Waals surface area contributed by atoms with Crippen molar-refractivity contribution in [1.29, 1.82) is 0 Å². The number of nitrogens with zero attached hydrogens (tertiary/aromatic N) is 2. The van der Waals surface area contributed by atoms with Crippen molar-refractivity contribution in [2.75, 3.05) is 20.3 Å². The fraction of sp³-hybridized carbons (Fsp3) is 0.344. The van der Waals surface area contributed by atoms with E-state index in [2.05, 4.69) is 12.2 Å². The number of nitrogens with one attached hydrogen (secondary N) is 1. The molecule has 216 valence electrons. The first-order valence-electron chi connectivity index (χ1n) is 13.9. The number of fused-ring (bicyclic) bond motifs is 1. The predicted octanol–water partition coefficient (Wildman–Crippen LogP) is 6.95. The van der Waals surface area contributed by atoms with Crippen molar-refractivity contribution >= 4 is 22.6 Å². The number of carbonyl (C=O) groups is 2. The molecule has 7 nitrogen and oxygen atoms in total. The van der Waals surface area contributed by atoms with Crippen LogP contribution in [-0.4, -0.2) is 41.7 Å². The molecule has 1 amide bonds. The molecule has 4 rings (SSSR count). The van der Waals surface area contributed by atoms with Crippen molar-refractivity contribution < 1.29 is 27.8 Å². The molecule has 0 saturated carbocycles. The van der Waals surface area contributed by atoms with E-state index in [-0.39, 0.29) is 17.4 Å². The van der Waals surface area contributed by atoms with E-state index in [1.165, 1.54) is 6.07 Å². The average molecular weight is 564 g/mol. The first kappa shape index (κ1) is 29.9. The molecule has 0 radical (unpaired) electrons. The van der Waals surface area contributed by atoms with Crippen LogP contribution in [0.4, 0.5) is 8.78 Å². The summed E-state index contributed by atoms with van der Waals surface area (Å²) in [6.45, 7) is 3.79. The Kier molecular flexibility index (Phi) is 10.6. The maximum atomic E-state index is 13.8. The second kappa shape index (κ2) is 14.5. The van der Waals surface area contributed by atoms with E-state index in [0.29, 0.717) is 42.4 Å². The smallest absolute Gasteiger partial charge is 0.251 e. The van der Waals surface area contributed by atoms with Gasteiger partial charge >= 0.3 is 0 Å². The average Bonchev–Trinajstić information content (AvgIpc) is 3.36. The van der Waals surface area contributed by atoms with Crippen LogP contribution >= 0.6 is 0 Å². The minimum atomic E-state index is -0.791. The quantitative estimate of drug-likeness (QED) is 0.125. The van der Waals surface area contributed by atoms with Gasteiger partial charge in [0, 0.05) is 55.4 Å². The lowest BCUT2D eigenvalue weighted by molar-refractivity contribution is 0.0935. The molecular formula is C32H35F2N3O4. The summed E-state index contributed by atoms with van der Waals surface area (Å²) < 4.78 is 39.3. The Labute approximate surface area is 238 Å². The lowest BCUT2D eigenvalue weighted by Crippen LogP contribution is -2.26. The molecule has 0 fully saturated rings. The lowest BCUT2D eigenvalue weighted by Gasteiger charge is -2.16. The van der Waals surface area contributed by atoms with Crippen LogP contribution in [0.3, 0.4) is 0 Å². The molecule has 1 aromatic heterocycles. The van der Waals surface area contributed by atoms with E-state index in [4.69, 9.17) is 14.6 Å². The number of halogens is 2. The maximum absolute atomic E-state index is 13.8. The molecule has 0 aliphatic heterocycles. The van der Waals surface area contributed by atoms with E-state index < -0.39 is 11.6 Å². The van der Waals surface area contributed by atoms with Crippen LogP contribution < -0.4 is 10.1 Å². The van der Waals surface area contributed by atoms with Crippen molar-refractivity contribution in [1.82, 2.24) is 15.1 Å². The number of hydrogen-bond acceptors (Lipinski definition) is 5. The molecule has 0 aliphatic carbocycles. The number of hydrogen-bond donors (Lipinski definition) is 1. The third-order valence-corrected chi connectivity index (χ3v) is 6.86. The normalized spacial score (nSPS) is 11.9. The summed E-state index contributed by atoms with van der Waals surface area (Å²) in [5.74, 6) is -0.942. The summed E-state index contributed by atoms with van der Waals surface area (Å²) in [7, 11) is 1.59. The van der Waals surface area contributed by atoms with Gasteiger partial charge in [-0.3, -0.25) is 14.3 Å². The van der Waals surface area contributed by atoms with Crippen molar-refractivity contribution in [3.05, 3.63) is 89.6 Å². The lowest BCUT2D eigenvalue weighted by atomic mass is 9.95. The van der Waals surface area contributed by atoms with Gasteiger partial charge < -0.3 is 14.8 Å². The summed E-state index contributed by atoms with van der Waals surface area (Å²) >= 11 is 0. The van der Waals surface area contributed by atoms with Crippen molar-refractivity contribution in [2.24, 2.45) is 5.92 Å². The molecule has 4 aromatic rings. The molecule has 1 atom stereocenters. The van der Waals surface area contributed by atoms with Crippen LogP contribution in [0.2, 0.25) is 0 Å². The summed E-state index contributed by atoms with van der Waals surface area (Å²) in [5.41, 5.74) is 1.97. The Morgan fingerprint density at radius 3 is 2.51 bits per heavy atom. The van der Waals surface area contributed by atoms with E-state index in [0.717, 1.165) is 55.3 Å². The molecule has 1 heterocycles. The number of Topliss-reactive ketones (excluding diaryl/α,β-unsaturated/α-hetero) is 1. The van der Waals surface area contributed by atoms with Crippen LogP contribution in [0.25, 0.3) is 10.9 Å². The second-order valence-corrected chi connectivity index (χ2v) is 10.0. The summed E-state index contributed by atoms with van der Waals surface area (Å²) in [5, 5.41) is 8.43. The van der Waals surface area contributed by atoms with Gasteiger partial charge in [-0.15, -0.1) is 0 Å². The van der Waals surface area contributed by atoms with Gasteiger partial charge in [-0.05, 0) is 79.8 Å². The minimum Gasteiger partial charge on any atom is -0.454 e. The third kappa shape index (κ3) is 8.44. The largest absolute Gasteiger partial charge is 0.454 e. The summed E-state index contributed by atoms with van der Waals surface area (Å²) in [4.78, 5) is 25.2.